The van der Waals surface area contributed by atoms with Crippen LogP contribution in [0, 0.1) is 11.6 Å². The van der Waals surface area contributed by atoms with Crippen LogP contribution in [0.15, 0.2) is 70.5 Å². The first-order valence-corrected chi connectivity index (χ1v) is 14.1. The van der Waals surface area contributed by atoms with Gasteiger partial charge in [-0.15, -0.1) is 11.8 Å². The molecule has 1 saturated heterocycles. The summed E-state index contributed by atoms with van der Waals surface area (Å²) in [5.41, 5.74) is 12.6. The van der Waals surface area contributed by atoms with Crippen LogP contribution in [0.3, 0.4) is 0 Å². The van der Waals surface area contributed by atoms with Crippen LogP contribution in [0.25, 0.3) is 16.7 Å². The first kappa shape index (κ1) is 26.9. The van der Waals surface area contributed by atoms with Crippen LogP contribution in [-0.4, -0.2) is 39.6 Å². The summed E-state index contributed by atoms with van der Waals surface area (Å²) in [6.45, 7) is 3.06. The van der Waals surface area contributed by atoms with Crippen molar-refractivity contribution in [2.24, 2.45) is 11.5 Å². The first-order chi connectivity index (χ1) is 19.7. The standard InChI is InChI=1S/C29H27F2N7O2S/c1-16-15-41-28(19-6-3-2-5-18(19)25(33)40)37(16)26-20-9-10-23(39)38(24-21(30)7-4-8-22(24)31)27(20)35-29(34-26)36-13-11-17(32)12-14-36/h2-10,15,17,28H,11-14,32H2,1H3,(H2,33,40). The summed E-state index contributed by atoms with van der Waals surface area (Å²) in [4.78, 5) is 39.1. The van der Waals surface area contributed by atoms with Gasteiger partial charge in [0.1, 0.15) is 28.5 Å². The molecule has 0 saturated carbocycles. The van der Waals surface area contributed by atoms with E-state index in [2.05, 4.69) is 0 Å². The number of anilines is 2. The predicted molar refractivity (Wildman–Crippen MR) is 156 cm³/mol. The van der Waals surface area contributed by atoms with Gasteiger partial charge < -0.3 is 21.3 Å². The molecule has 2 aliphatic heterocycles. The van der Waals surface area contributed by atoms with Gasteiger partial charge in [-0.25, -0.2) is 8.78 Å². The maximum atomic E-state index is 15.1. The summed E-state index contributed by atoms with van der Waals surface area (Å²) in [6.07, 6.45) is 1.43. The quantitative estimate of drug-likeness (QED) is 0.363. The van der Waals surface area contributed by atoms with E-state index < -0.39 is 34.2 Å². The lowest BCUT2D eigenvalue weighted by Crippen LogP contribution is -2.40. The number of carbonyl (C=O) groups is 1. The molecule has 2 aromatic heterocycles. The summed E-state index contributed by atoms with van der Waals surface area (Å²) in [6, 6.07) is 13.4. The highest BCUT2D eigenvalue weighted by Gasteiger charge is 2.34. The molecule has 6 rings (SSSR count). The fourth-order valence-corrected chi connectivity index (χ4v) is 6.50. The van der Waals surface area contributed by atoms with E-state index >= 15 is 8.78 Å². The molecule has 4 heterocycles. The normalized spacial score (nSPS) is 17.8. The van der Waals surface area contributed by atoms with Crippen molar-refractivity contribution in [3.63, 3.8) is 0 Å². The van der Waals surface area contributed by atoms with Crippen molar-refractivity contribution >= 4 is 40.5 Å². The summed E-state index contributed by atoms with van der Waals surface area (Å²) >= 11 is 1.47. The Kier molecular flexibility index (Phi) is 6.96. The lowest BCUT2D eigenvalue weighted by molar-refractivity contribution is 0.0999. The van der Waals surface area contributed by atoms with Crippen molar-refractivity contribution in [1.29, 1.82) is 0 Å². The average Bonchev–Trinajstić information content (AvgIpc) is 3.34. The van der Waals surface area contributed by atoms with Gasteiger partial charge in [0.15, 0.2) is 5.65 Å². The Morgan fingerprint density at radius 1 is 1.00 bits per heavy atom. The zero-order valence-electron chi connectivity index (χ0n) is 22.1. The number of amides is 1. The van der Waals surface area contributed by atoms with Gasteiger partial charge in [-0.3, -0.25) is 14.2 Å². The number of nitrogens with zero attached hydrogens (tertiary/aromatic N) is 5. The Balaban J connectivity index is 1.63. The molecule has 1 amide bonds. The van der Waals surface area contributed by atoms with Crippen molar-refractivity contribution in [3.05, 3.63) is 98.8 Å². The summed E-state index contributed by atoms with van der Waals surface area (Å²) in [5, 5.41) is 1.93. The second-order valence-corrected chi connectivity index (χ2v) is 11.0. The number of primary amides is 1. The maximum absolute atomic E-state index is 15.1. The fraction of sp³-hybridized carbons (Fsp3) is 0.241. The Morgan fingerprint density at radius 3 is 2.41 bits per heavy atom. The smallest absolute Gasteiger partial charge is 0.256 e. The van der Waals surface area contributed by atoms with Crippen molar-refractivity contribution in [3.8, 4) is 5.69 Å². The fourth-order valence-electron chi connectivity index (χ4n) is 5.32. The third-order valence-electron chi connectivity index (χ3n) is 7.40. The molecule has 0 spiro atoms. The third-order valence-corrected chi connectivity index (χ3v) is 8.60. The Bertz CT molecular complexity index is 1750. The molecule has 4 aromatic rings. The Labute approximate surface area is 238 Å². The van der Waals surface area contributed by atoms with Crippen LogP contribution in [-0.2, 0) is 0 Å². The number of para-hydroxylation sites is 1. The van der Waals surface area contributed by atoms with Gasteiger partial charge in [0, 0.05) is 36.5 Å². The molecule has 2 aromatic carbocycles. The summed E-state index contributed by atoms with van der Waals surface area (Å²) < 4.78 is 31.1. The van der Waals surface area contributed by atoms with Crippen molar-refractivity contribution in [2.75, 3.05) is 22.9 Å². The molecule has 12 heteroatoms. The molecule has 210 valence electrons. The number of benzene rings is 2. The molecular weight excluding hydrogens is 548 g/mol. The molecule has 4 N–H and O–H groups in total. The highest BCUT2D eigenvalue weighted by molar-refractivity contribution is 8.02. The van der Waals surface area contributed by atoms with E-state index in [1.54, 1.807) is 18.2 Å². The van der Waals surface area contributed by atoms with Crippen molar-refractivity contribution in [2.45, 2.75) is 31.2 Å². The van der Waals surface area contributed by atoms with E-state index in [9.17, 15) is 9.59 Å². The monoisotopic (exact) mass is 575 g/mol. The molecular formula is C29H27F2N7O2S. The molecule has 41 heavy (non-hydrogen) atoms. The minimum atomic E-state index is -0.897. The minimum Gasteiger partial charge on any atom is -0.366 e. The zero-order chi connectivity index (χ0) is 28.8. The number of nitrogens with two attached hydrogens (primary N) is 2. The molecule has 0 radical (unpaired) electrons. The van der Waals surface area contributed by atoms with Crippen molar-refractivity contribution in [1.82, 2.24) is 14.5 Å². The number of halogens is 2. The van der Waals surface area contributed by atoms with E-state index in [0.29, 0.717) is 54.2 Å². The molecule has 1 atom stereocenters. The molecule has 9 nitrogen and oxygen atoms in total. The van der Waals surface area contributed by atoms with Gasteiger partial charge in [0.25, 0.3) is 5.56 Å². The lowest BCUT2D eigenvalue weighted by Gasteiger charge is -2.33. The van der Waals surface area contributed by atoms with Crippen LogP contribution >= 0.6 is 11.8 Å². The van der Waals surface area contributed by atoms with E-state index in [1.807, 2.05) is 34.3 Å². The maximum Gasteiger partial charge on any atom is 0.256 e. The first-order valence-electron chi connectivity index (χ1n) is 13.1. The second kappa shape index (κ2) is 10.6. The molecule has 1 unspecified atom stereocenters. The predicted octanol–water partition coefficient (Wildman–Crippen LogP) is 4.20. The summed E-state index contributed by atoms with van der Waals surface area (Å²) in [5.74, 6) is -1.62. The number of hydrogen-bond acceptors (Lipinski definition) is 8. The zero-order valence-corrected chi connectivity index (χ0v) is 22.9. The van der Waals surface area contributed by atoms with Gasteiger partial charge in [0.2, 0.25) is 11.9 Å². The Hall–Kier alpha value is -4.29. The number of thioether (sulfide) groups is 1. The SMILES string of the molecule is CC1=CSC(c2ccccc2C(N)=O)N1c1nc(N2CCC(N)CC2)nc2c1ccc(=O)n2-c1c(F)cccc1F. The number of rotatable bonds is 5. The van der Waals surface area contributed by atoms with Crippen LogP contribution in [0.1, 0.15) is 41.1 Å². The van der Waals surface area contributed by atoms with Crippen LogP contribution in [0.4, 0.5) is 20.5 Å². The average molecular weight is 576 g/mol. The minimum absolute atomic E-state index is 0.0479. The largest absolute Gasteiger partial charge is 0.366 e. The molecule has 0 bridgehead atoms. The second-order valence-electron chi connectivity index (χ2n) is 10.1. The van der Waals surface area contributed by atoms with Crippen LogP contribution in [0.2, 0.25) is 0 Å². The number of aromatic nitrogens is 3. The van der Waals surface area contributed by atoms with Crippen LogP contribution < -0.4 is 26.8 Å². The number of piperidine rings is 1. The van der Waals surface area contributed by atoms with E-state index in [1.165, 1.54) is 23.9 Å². The number of carbonyl (C=O) groups excluding carboxylic acids is 1. The number of pyridine rings is 1. The van der Waals surface area contributed by atoms with E-state index in [4.69, 9.17) is 21.4 Å². The topological polar surface area (TPSA) is 123 Å². The van der Waals surface area contributed by atoms with Gasteiger partial charge in [-0.1, -0.05) is 24.3 Å². The summed E-state index contributed by atoms with van der Waals surface area (Å²) in [7, 11) is 0. The van der Waals surface area contributed by atoms with E-state index in [0.717, 1.165) is 22.4 Å². The Morgan fingerprint density at radius 2 is 1.71 bits per heavy atom. The molecule has 1 fully saturated rings. The number of fused-ring (bicyclic) bond motifs is 1. The molecule has 2 aliphatic rings. The highest BCUT2D eigenvalue weighted by Crippen LogP contribution is 2.47. The van der Waals surface area contributed by atoms with Gasteiger partial charge in [-0.05, 0) is 55.0 Å². The van der Waals surface area contributed by atoms with E-state index in [-0.39, 0.29) is 11.7 Å². The van der Waals surface area contributed by atoms with Crippen molar-refractivity contribution < 1.29 is 13.6 Å². The lowest BCUT2D eigenvalue weighted by atomic mass is 10.1. The van der Waals surface area contributed by atoms with Gasteiger partial charge in [-0.2, -0.15) is 9.97 Å². The third kappa shape index (κ3) is 4.72. The number of allylic oxidation sites excluding steroid dienone is 1. The highest BCUT2D eigenvalue weighted by atomic mass is 32.2. The van der Waals surface area contributed by atoms with Gasteiger partial charge in [0.05, 0.1) is 5.39 Å². The number of hydrogen-bond donors (Lipinski definition) is 2. The van der Waals surface area contributed by atoms with Crippen LogP contribution in [0.5, 0.6) is 0 Å². The molecule has 0 aliphatic carbocycles. The van der Waals surface area contributed by atoms with Gasteiger partial charge >= 0.3 is 0 Å².